The van der Waals surface area contributed by atoms with E-state index in [1.54, 1.807) is 18.4 Å². The van der Waals surface area contributed by atoms with E-state index in [2.05, 4.69) is 31.6 Å². The molecule has 2 aromatic rings. The van der Waals surface area contributed by atoms with Gasteiger partial charge >= 0.3 is 0 Å². The summed E-state index contributed by atoms with van der Waals surface area (Å²) in [5.74, 6) is 0.824. The number of methoxy groups -OCH3 is 1. The number of hydrogen-bond acceptors (Lipinski definition) is 4. The lowest BCUT2D eigenvalue weighted by Crippen LogP contribution is -2.00. The Bertz CT molecular complexity index is 513. The van der Waals surface area contributed by atoms with Gasteiger partial charge in [-0.3, -0.25) is 0 Å². The standard InChI is InChI=1S/C12H13BrN2OS/c1-8-15-10(7-17-8)6-14-9-3-4-11(13)12(5-9)16-2/h3-5,7,14H,6H2,1-2H3. The van der Waals surface area contributed by atoms with Crippen molar-refractivity contribution in [2.45, 2.75) is 13.5 Å². The minimum absolute atomic E-state index is 0.731. The quantitative estimate of drug-likeness (QED) is 0.931. The lowest BCUT2D eigenvalue weighted by molar-refractivity contribution is 0.412. The zero-order chi connectivity index (χ0) is 12.3. The number of rotatable bonds is 4. The molecule has 0 amide bonds. The smallest absolute Gasteiger partial charge is 0.135 e. The third-order valence-electron chi connectivity index (χ3n) is 2.29. The van der Waals surface area contributed by atoms with Crippen LogP contribution in [0.1, 0.15) is 10.7 Å². The highest BCUT2D eigenvalue weighted by molar-refractivity contribution is 9.10. The Morgan fingerprint density at radius 3 is 2.94 bits per heavy atom. The minimum atomic E-state index is 0.731. The van der Waals surface area contributed by atoms with Gasteiger partial charge in [0, 0.05) is 17.1 Å². The second kappa shape index (κ2) is 5.51. The average molecular weight is 313 g/mol. The monoisotopic (exact) mass is 312 g/mol. The maximum atomic E-state index is 5.24. The second-order valence-electron chi connectivity index (χ2n) is 3.56. The molecule has 0 aliphatic carbocycles. The molecule has 1 aromatic heterocycles. The first-order valence-electron chi connectivity index (χ1n) is 5.17. The van der Waals surface area contributed by atoms with Crippen LogP contribution in [0.5, 0.6) is 5.75 Å². The maximum absolute atomic E-state index is 5.24. The van der Waals surface area contributed by atoms with Crippen molar-refractivity contribution in [3.8, 4) is 5.75 Å². The number of nitrogens with zero attached hydrogens (tertiary/aromatic N) is 1. The Balaban J connectivity index is 2.04. The van der Waals surface area contributed by atoms with E-state index in [4.69, 9.17) is 4.74 Å². The third-order valence-corrected chi connectivity index (χ3v) is 3.77. The summed E-state index contributed by atoms with van der Waals surface area (Å²) >= 11 is 5.09. The Kier molecular flexibility index (Phi) is 4.02. The van der Waals surface area contributed by atoms with Gasteiger partial charge in [-0.2, -0.15) is 0 Å². The SMILES string of the molecule is COc1cc(NCc2csc(C)n2)ccc1Br. The normalized spacial score (nSPS) is 10.3. The van der Waals surface area contributed by atoms with Crippen LogP contribution in [-0.2, 0) is 6.54 Å². The molecule has 0 bridgehead atoms. The van der Waals surface area contributed by atoms with Crippen LogP contribution in [0.15, 0.2) is 28.1 Å². The van der Waals surface area contributed by atoms with Crippen molar-refractivity contribution in [1.82, 2.24) is 4.98 Å². The molecule has 0 unspecified atom stereocenters. The molecule has 2 rings (SSSR count). The van der Waals surface area contributed by atoms with Crippen molar-refractivity contribution < 1.29 is 4.74 Å². The van der Waals surface area contributed by atoms with E-state index in [1.165, 1.54) is 0 Å². The van der Waals surface area contributed by atoms with E-state index in [-0.39, 0.29) is 0 Å². The topological polar surface area (TPSA) is 34.1 Å². The number of thiazole rings is 1. The fraction of sp³-hybridized carbons (Fsp3) is 0.250. The minimum Gasteiger partial charge on any atom is -0.495 e. The molecule has 0 fully saturated rings. The lowest BCUT2D eigenvalue weighted by atomic mass is 10.3. The van der Waals surface area contributed by atoms with E-state index in [0.29, 0.717) is 0 Å². The molecule has 1 N–H and O–H groups in total. The predicted octanol–water partition coefficient (Wildman–Crippen LogP) is 3.83. The van der Waals surface area contributed by atoms with Crippen LogP contribution in [-0.4, -0.2) is 12.1 Å². The summed E-state index contributed by atoms with van der Waals surface area (Å²) in [4.78, 5) is 4.40. The molecule has 5 heteroatoms. The largest absolute Gasteiger partial charge is 0.495 e. The Morgan fingerprint density at radius 1 is 1.47 bits per heavy atom. The first-order valence-corrected chi connectivity index (χ1v) is 6.84. The van der Waals surface area contributed by atoms with Crippen molar-refractivity contribution in [2.24, 2.45) is 0 Å². The number of hydrogen-bond donors (Lipinski definition) is 1. The highest BCUT2D eigenvalue weighted by Crippen LogP contribution is 2.28. The number of nitrogens with one attached hydrogen (secondary N) is 1. The van der Waals surface area contributed by atoms with Crippen LogP contribution in [0.4, 0.5) is 5.69 Å². The van der Waals surface area contributed by atoms with Crippen molar-refractivity contribution >= 4 is 33.0 Å². The summed E-state index contributed by atoms with van der Waals surface area (Å²) in [6.45, 7) is 2.74. The Morgan fingerprint density at radius 2 is 2.29 bits per heavy atom. The number of aromatic nitrogens is 1. The van der Waals surface area contributed by atoms with Gasteiger partial charge in [-0.1, -0.05) is 0 Å². The van der Waals surface area contributed by atoms with E-state index < -0.39 is 0 Å². The van der Waals surface area contributed by atoms with Gasteiger partial charge in [-0.05, 0) is 35.0 Å². The van der Waals surface area contributed by atoms with Crippen LogP contribution in [0, 0.1) is 6.92 Å². The fourth-order valence-corrected chi connectivity index (χ4v) is 2.47. The summed E-state index contributed by atoms with van der Waals surface area (Å²) in [6.07, 6.45) is 0. The van der Waals surface area contributed by atoms with Gasteiger partial charge in [0.05, 0.1) is 28.8 Å². The number of anilines is 1. The van der Waals surface area contributed by atoms with Crippen molar-refractivity contribution in [2.75, 3.05) is 12.4 Å². The lowest BCUT2D eigenvalue weighted by Gasteiger charge is -2.08. The van der Waals surface area contributed by atoms with Crippen LogP contribution in [0.2, 0.25) is 0 Å². The molecule has 3 nitrogen and oxygen atoms in total. The molecule has 0 saturated heterocycles. The number of benzene rings is 1. The number of aryl methyl sites for hydroxylation is 1. The summed E-state index contributed by atoms with van der Waals surface area (Å²) in [7, 11) is 1.66. The van der Waals surface area contributed by atoms with Crippen molar-refractivity contribution in [3.05, 3.63) is 38.8 Å². The molecular weight excluding hydrogens is 300 g/mol. The number of halogens is 1. The van der Waals surface area contributed by atoms with Gasteiger partial charge < -0.3 is 10.1 Å². The van der Waals surface area contributed by atoms with Crippen LogP contribution >= 0.6 is 27.3 Å². The average Bonchev–Trinajstić information content (AvgIpc) is 2.74. The zero-order valence-electron chi connectivity index (χ0n) is 9.66. The summed E-state index contributed by atoms with van der Waals surface area (Å²) in [5, 5.41) is 6.48. The second-order valence-corrected chi connectivity index (χ2v) is 5.48. The van der Waals surface area contributed by atoms with Crippen LogP contribution in [0.3, 0.4) is 0 Å². The first kappa shape index (κ1) is 12.4. The summed E-state index contributed by atoms with van der Waals surface area (Å²) < 4.78 is 6.20. The number of ether oxygens (including phenoxy) is 1. The Hall–Kier alpha value is -1.07. The molecule has 0 saturated carbocycles. The molecule has 1 aromatic carbocycles. The van der Waals surface area contributed by atoms with E-state index in [1.807, 2.05) is 25.1 Å². The molecule has 0 radical (unpaired) electrons. The highest BCUT2D eigenvalue weighted by Gasteiger charge is 2.02. The van der Waals surface area contributed by atoms with E-state index in [9.17, 15) is 0 Å². The summed E-state index contributed by atoms with van der Waals surface area (Å²) in [6, 6.07) is 5.93. The van der Waals surface area contributed by atoms with Crippen LogP contribution in [0.25, 0.3) is 0 Å². The summed E-state index contributed by atoms with van der Waals surface area (Å²) in [5.41, 5.74) is 2.09. The van der Waals surface area contributed by atoms with Crippen molar-refractivity contribution in [1.29, 1.82) is 0 Å². The molecule has 1 heterocycles. The zero-order valence-corrected chi connectivity index (χ0v) is 12.1. The third kappa shape index (κ3) is 3.20. The van der Waals surface area contributed by atoms with Crippen molar-refractivity contribution in [3.63, 3.8) is 0 Å². The van der Waals surface area contributed by atoms with E-state index in [0.717, 1.165) is 33.2 Å². The molecule has 90 valence electrons. The van der Waals surface area contributed by atoms with Gasteiger partial charge in [-0.15, -0.1) is 11.3 Å². The molecule has 0 spiro atoms. The van der Waals surface area contributed by atoms with Gasteiger partial charge in [0.1, 0.15) is 5.75 Å². The van der Waals surface area contributed by atoms with Gasteiger partial charge in [0.2, 0.25) is 0 Å². The van der Waals surface area contributed by atoms with E-state index >= 15 is 0 Å². The molecular formula is C12H13BrN2OS. The molecule has 0 atom stereocenters. The van der Waals surface area contributed by atoms with Gasteiger partial charge in [0.15, 0.2) is 0 Å². The molecule has 0 aliphatic heterocycles. The first-order chi connectivity index (χ1) is 8.19. The highest BCUT2D eigenvalue weighted by atomic mass is 79.9. The maximum Gasteiger partial charge on any atom is 0.135 e. The molecule has 17 heavy (non-hydrogen) atoms. The molecule has 0 aliphatic rings. The predicted molar refractivity (Wildman–Crippen MR) is 74.9 cm³/mol. The van der Waals surface area contributed by atoms with Gasteiger partial charge in [0.25, 0.3) is 0 Å². The Labute approximate surface area is 113 Å². The van der Waals surface area contributed by atoms with Crippen LogP contribution < -0.4 is 10.1 Å². The van der Waals surface area contributed by atoms with Gasteiger partial charge in [-0.25, -0.2) is 4.98 Å². The fourth-order valence-electron chi connectivity index (χ4n) is 1.45.